The molecule has 0 N–H and O–H groups in total. The zero-order valence-electron chi connectivity index (χ0n) is 42.3. The Kier molecular flexibility index (Phi) is 49.1. The van der Waals surface area contributed by atoms with E-state index in [0.29, 0.717) is 19.3 Å². The summed E-state index contributed by atoms with van der Waals surface area (Å²) < 4.78 is 16.9. The van der Waals surface area contributed by atoms with Crippen LogP contribution in [-0.2, 0) is 28.6 Å². The maximum Gasteiger partial charge on any atom is 0.306 e. The lowest BCUT2D eigenvalue weighted by Gasteiger charge is -2.18. The van der Waals surface area contributed by atoms with Gasteiger partial charge >= 0.3 is 17.9 Å². The maximum atomic E-state index is 12.8. The molecule has 0 aromatic carbocycles. The van der Waals surface area contributed by atoms with E-state index in [4.69, 9.17) is 14.2 Å². The van der Waals surface area contributed by atoms with E-state index in [0.717, 1.165) is 63.7 Å². The van der Waals surface area contributed by atoms with Crippen molar-refractivity contribution in [2.24, 2.45) is 5.92 Å². The Morgan fingerprint density at radius 1 is 0.323 bits per heavy atom. The van der Waals surface area contributed by atoms with Gasteiger partial charge in [0.25, 0.3) is 0 Å². The molecule has 0 aliphatic carbocycles. The van der Waals surface area contributed by atoms with Gasteiger partial charge in [0.1, 0.15) is 13.2 Å². The molecular weight excluding hydrogens is 769 g/mol. The van der Waals surface area contributed by atoms with Gasteiger partial charge in [-0.2, -0.15) is 0 Å². The SMILES string of the molecule is CCCCCCCCCCCCCCCCCCC(=O)OC[C@@H](COC(=O)CCCCCCCCCCCCCCCC)OC(=O)CCCCCCCCCCCCC(C)CC. The van der Waals surface area contributed by atoms with E-state index in [9.17, 15) is 14.4 Å². The first-order valence-corrected chi connectivity index (χ1v) is 27.9. The van der Waals surface area contributed by atoms with Gasteiger partial charge in [0.2, 0.25) is 0 Å². The Hall–Kier alpha value is -1.59. The van der Waals surface area contributed by atoms with Crippen molar-refractivity contribution in [2.75, 3.05) is 13.2 Å². The van der Waals surface area contributed by atoms with E-state index in [1.165, 1.54) is 212 Å². The highest BCUT2D eigenvalue weighted by Crippen LogP contribution is 2.18. The van der Waals surface area contributed by atoms with Gasteiger partial charge in [-0.25, -0.2) is 0 Å². The quantitative estimate of drug-likeness (QED) is 0.0344. The number of hydrogen-bond acceptors (Lipinski definition) is 6. The largest absolute Gasteiger partial charge is 0.462 e. The van der Waals surface area contributed by atoms with Crippen LogP contribution < -0.4 is 0 Å². The number of rotatable bonds is 51. The third-order valence-corrected chi connectivity index (χ3v) is 13.2. The monoisotopic (exact) mass is 877 g/mol. The van der Waals surface area contributed by atoms with Gasteiger partial charge in [-0.15, -0.1) is 0 Å². The number of unbranched alkanes of at least 4 members (excludes halogenated alkanes) is 37. The Bertz CT molecular complexity index is 935. The summed E-state index contributed by atoms with van der Waals surface area (Å²) in [4.78, 5) is 38.1. The van der Waals surface area contributed by atoms with Crippen LogP contribution in [0.3, 0.4) is 0 Å². The molecule has 2 atom stereocenters. The fraction of sp³-hybridized carbons (Fsp3) is 0.946. The molecule has 0 fully saturated rings. The summed E-state index contributed by atoms with van der Waals surface area (Å²) in [6.45, 7) is 9.07. The summed E-state index contributed by atoms with van der Waals surface area (Å²) in [5.41, 5.74) is 0. The molecule has 0 aliphatic heterocycles. The zero-order chi connectivity index (χ0) is 45.2. The number of ether oxygens (including phenoxy) is 3. The predicted molar refractivity (Wildman–Crippen MR) is 266 cm³/mol. The minimum absolute atomic E-state index is 0.0623. The molecule has 0 heterocycles. The second-order valence-electron chi connectivity index (χ2n) is 19.5. The third kappa shape index (κ3) is 47.9. The molecule has 0 rings (SSSR count). The van der Waals surface area contributed by atoms with Gasteiger partial charge in [0.05, 0.1) is 0 Å². The Morgan fingerprint density at radius 3 is 0.839 bits per heavy atom. The van der Waals surface area contributed by atoms with Crippen LogP contribution in [0.4, 0.5) is 0 Å². The molecule has 6 nitrogen and oxygen atoms in total. The van der Waals surface area contributed by atoms with Crippen molar-refractivity contribution in [3.63, 3.8) is 0 Å². The average molecular weight is 877 g/mol. The molecular formula is C56H108O6. The van der Waals surface area contributed by atoms with E-state index < -0.39 is 6.10 Å². The lowest BCUT2D eigenvalue weighted by Crippen LogP contribution is -2.30. The molecule has 0 saturated heterocycles. The Morgan fingerprint density at radius 2 is 0.565 bits per heavy atom. The van der Waals surface area contributed by atoms with Crippen molar-refractivity contribution >= 4 is 17.9 Å². The smallest absolute Gasteiger partial charge is 0.306 e. The summed E-state index contributed by atoms with van der Waals surface area (Å²) in [6.07, 6.45) is 53.6. The van der Waals surface area contributed by atoms with E-state index in [1.54, 1.807) is 0 Å². The minimum Gasteiger partial charge on any atom is -0.462 e. The fourth-order valence-electron chi connectivity index (χ4n) is 8.54. The summed E-state index contributed by atoms with van der Waals surface area (Å²) >= 11 is 0. The third-order valence-electron chi connectivity index (χ3n) is 13.2. The van der Waals surface area contributed by atoms with E-state index >= 15 is 0 Å². The molecule has 0 aromatic heterocycles. The second-order valence-corrected chi connectivity index (χ2v) is 19.5. The first-order valence-electron chi connectivity index (χ1n) is 27.9. The van der Waals surface area contributed by atoms with Gasteiger partial charge < -0.3 is 14.2 Å². The van der Waals surface area contributed by atoms with Gasteiger partial charge in [-0.1, -0.05) is 278 Å². The molecule has 62 heavy (non-hydrogen) atoms. The van der Waals surface area contributed by atoms with Crippen LogP contribution in [0.2, 0.25) is 0 Å². The second kappa shape index (κ2) is 50.4. The lowest BCUT2D eigenvalue weighted by atomic mass is 9.99. The first kappa shape index (κ1) is 60.4. The Labute approximate surface area is 387 Å². The van der Waals surface area contributed by atoms with Gasteiger partial charge in [0, 0.05) is 19.3 Å². The van der Waals surface area contributed by atoms with E-state index in [-0.39, 0.29) is 31.1 Å². The highest BCUT2D eigenvalue weighted by Gasteiger charge is 2.19. The zero-order valence-corrected chi connectivity index (χ0v) is 42.3. The van der Waals surface area contributed by atoms with Crippen LogP contribution in [0.15, 0.2) is 0 Å². The minimum atomic E-state index is -0.761. The number of esters is 3. The molecule has 0 saturated carbocycles. The van der Waals surface area contributed by atoms with Gasteiger partial charge in [0.15, 0.2) is 6.10 Å². The maximum absolute atomic E-state index is 12.8. The molecule has 1 unspecified atom stereocenters. The van der Waals surface area contributed by atoms with Crippen molar-refractivity contribution < 1.29 is 28.6 Å². The van der Waals surface area contributed by atoms with Crippen molar-refractivity contribution in [1.29, 1.82) is 0 Å². The van der Waals surface area contributed by atoms with Crippen LogP contribution in [0.25, 0.3) is 0 Å². The molecule has 0 spiro atoms. The average Bonchev–Trinajstić information content (AvgIpc) is 3.27. The number of carbonyl (C=O) groups excluding carboxylic acids is 3. The van der Waals surface area contributed by atoms with Crippen molar-refractivity contribution in [2.45, 2.75) is 323 Å². The van der Waals surface area contributed by atoms with Crippen molar-refractivity contribution in [1.82, 2.24) is 0 Å². The Balaban J connectivity index is 4.31. The van der Waals surface area contributed by atoms with E-state index in [2.05, 4.69) is 27.7 Å². The summed E-state index contributed by atoms with van der Waals surface area (Å²) in [7, 11) is 0. The van der Waals surface area contributed by atoms with E-state index in [1.807, 2.05) is 0 Å². The topological polar surface area (TPSA) is 78.9 Å². The molecule has 0 aromatic rings. The molecule has 0 amide bonds. The standard InChI is InChI=1S/C56H108O6/c1-5-8-10-12-14-16-18-20-22-23-25-27-32-36-40-44-48-55(58)61-51-53(62-56(59)49-45-41-37-33-29-28-30-34-38-42-46-52(4)7-3)50-60-54(57)47-43-39-35-31-26-24-21-19-17-15-13-11-9-6-2/h52-53H,5-51H2,1-4H3/t52?,53-/m1/s1. The van der Waals surface area contributed by atoms with Crippen molar-refractivity contribution in [3.8, 4) is 0 Å². The fourth-order valence-corrected chi connectivity index (χ4v) is 8.54. The normalized spacial score (nSPS) is 12.4. The number of carbonyl (C=O) groups is 3. The molecule has 0 bridgehead atoms. The first-order chi connectivity index (χ1) is 30.4. The van der Waals surface area contributed by atoms with Crippen molar-refractivity contribution in [3.05, 3.63) is 0 Å². The lowest BCUT2D eigenvalue weighted by molar-refractivity contribution is -0.167. The van der Waals surface area contributed by atoms with Crippen LogP contribution in [-0.4, -0.2) is 37.2 Å². The predicted octanol–water partition coefficient (Wildman–Crippen LogP) is 18.2. The van der Waals surface area contributed by atoms with Crippen LogP contribution in [0, 0.1) is 5.92 Å². The summed E-state index contributed by atoms with van der Waals surface area (Å²) in [5, 5.41) is 0. The van der Waals surface area contributed by atoms with Gasteiger partial charge in [-0.05, 0) is 25.2 Å². The highest BCUT2D eigenvalue weighted by atomic mass is 16.6. The number of hydrogen-bond donors (Lipinski definition) is 0. The van der Waals surface area contributed by atoms with Gasteiger partial charge in [-0.3, -0.25) is 14.4 Å². The molecule has 0 aliphatic rings. The molecule has 6 heteroatoms. The molecule has 0 radical (unpaired) electrons. The molecule has 368 valence electrons. The highest BCUT2D eigenvalue weighted by molar-refractivity contribution is 5.71. The van der Waals surface area contributed by atoms with Crippen LogP contribution >= 0.6 is 0 Å². The van der Waals surface area contributed by atoms with Crippen LogP contribution in [0.1, 0.15) is 317 Å². The van der Waals surface area contributed by atoms with Crippen LogP contribution in [0.5, 0.6) is 0 Å². The summed E-state index contributed by atoms with van der Waals surface area (Å²) in [6, 6.07) is 0. The summed E-state index contributed by atoms with van der Waals surface area (Å²) in [5.74, 6) is 0.0289.